The van der Waals surface area contributed by atoms with E-state index >= 15 is 0 Å². The van der Waals surface area contributed by atoms with Gasteiger partial charge in [-0.15, -0.1) is 24.0 Å². The van der Waals surface area contributed by atoms with Gasteiger partial charge < -0.3 is 29.7 Å². The molecule has 1 amide bonds. The first kappa shape index (κ1) is 28.3. The fourth-order valence-electron chi connectivity index (χ4n) is 2.73. The van der Waals surface area contributed by atoms with Gasteiger partial charge in [-0.05, 0) is 43.7 Å². The molecule has 2 N–H and O–H groups in total. The Balaban J connectivity index is 0.00000544. The van der Waals surface area contributed by atoms with E-state index in [0.717, 1.165) is 12.1 Å². The molecule has 0 saturated heterocycles. The predicted octanol–water partition coefficient (Wildman–Crippen LogP) is 3.30. The Bertz CT molecular complexity index is 892. The molecule has 0 fully saturated rings. The van der Waals surface area contributed by atoms with Gasteiger partial charge in [0.1, 0.15) is 11.9 Å². The van der Waals surface area contributed by atoms with Crippen LogP contribution in [0, 0.1) is 0 Å². The number of nitrogens with one attached hydrogen (secondary N) is 2. The van der Waals surface area contributed by atoms with Crippen LogP contribution in [0.15, 0.2) is 53.5 Å². The largest absolute Gasteiger partial charge is 0.493 e. The van der Waals surface area contributed by atoms with Crippen LogP contribution in [0.2, 0.25) is 0 Å². The molecule has 1 atom stereocenters. The van der Waals surface area contributed by atoms with Crippen LogP contribution in [0.1, 0.15) is 19.4 Å². The third-order valence-electron chi connectivity index (χ3n) is 4.48. The minimum absolute atomic E-state index is 0. The molecule has 0 saturated carbocycles. The smallest absolute Gasteiger partial charge is 0.259 e. The molecule has 0 radical (unpaired) electrons. The number of carbonyl (C=O) groups excluding carboxylic acids is 1. The van der Waals surface area contributed by atoms with Crippen molar-refractivity contribution in [1.82, 2.24) is 15.5 Å². The van der Waals surface area contributed by atoms with Crippen LogP contribution in [0.3, 0.4) is 0 Å². The van der Waals surface area contributed by atoms with Gasteiger partial charge in [-0.25, -0.2) is 4.99 Å². The van der Waals surface area contributed by atoms with Crippen LogP contribution in [-0.4, -0.2) is 63.8 Å². The highest BCUT2D eigenvalue weighted by Crippen LogP contribution is 2.26. The number of aliphatic imine (C=N–C) groups is 1. The van der Waals surface area contributed by atoms with E-state index in [0.29, 0.717) is 36.3 Å². The molecule has 0 spiro atoms. The third kappa shape index (κ3) is 10.2. The number of rotatable bonds is 11. The summed E-state index contributed by atoms with van der Waals surface area (Å²) >= 11 is 0. The average molecular weight is 570 g/mol. The van der Waals surface area contributed by atoms with E-state index < -0.39 is 0 Å². The number of para-hydroxylation sites is 2. The Morgan fingerprint density at radius 1 is 1.09 bits per heavy atom. The van der Waals surface area contributed by atoms with Crippen molar-refractivity contribution in [1.29, 1.82) is 0 Å². The van der Waals surface area contributed by atoms with E-state index in [9.17, 15) is 4.79 Å². The number of hydrogen-bond acceptors (Lipinski definition) is 5. The maximum Gasteiger partial charge on any atom is 0.259 e. The number of halogens is 1. The Morgan fingerprint density at radius 3 is 2.48 bits per heavy atom. The van der Waals surface area contributed by atoms with Crippen LogP contribution < -0.4 is 24.8 Å². The maximum absolute atomic E-state index is 11.7. The second kappa shape index (κ2) is 15.2. The summed E-state index contributed by atoms with van der Waals surface area (Å²) in [6, 6.07) is 15.2. The molecule has 8 nitrogen and oxygen atoms in total. The molecule has 0 heterocycles. The minimum Gasteiger partial charge on any atom is -0.493 e. The number of benzene rings is 2. The molecule has 2 rings (SSSR count). The zero-order valence-electron chi connectivity index (χ0n) is 20.0. The van der Waals surface area contributed by atoms with Gasteiger partial charge in [-0.2, -0.15) is 0 Å². The van der Waals surface area contributed by atoms with E-state index in [4.69, 9.17) is 14.2 Å². The SMILES string of the molecule is CCNC(=NCc1cccc(OCC(=O)N(C)C)c1)NCC(C)Oc1ccccc1OC.I. The number of hydrogen-bond donors (Lipinski definition) is 2. The molecule has 0 aliphatic heterocycles. The van der Waals surface area contributed by atoms with E-state index in [1.54, 1.807) is 21.2 Å². The normalized spacial score (nSPS) is 11.6. The highest BCUT2D eigenvalue weighted by molar-refractivity contribution is 14.0. The summed E-state index contributed by atoms with van der Waals surface area (Å²) in [4.78, 5) is 17.9. The van der Waals surface area contributed by atoms with Crippen molar-refractivity contribution in [3.8, 4) is 17.2 Å². The van der Waals surface area contributed by atoms with Crippen LogP contribution in [0.5, 0.6) is 17.2 Å². The van der Waals surface area contributed by atoms with Crippen LogP contribution in [-0.2, 0) is 11.3 Å². The zero-order valence-corrected chi connectivity index (χ0v) is 22.3. The second-order valence-electron chi connectivity index (χ2n) is 7.38. The number of methoxy groups -OCH3 is 1. The predicted molar refractivity (Wildman–Crippen MR) is 142 cm³/mol. The van der Waals surface area contributed by atoms with Crippen molar-refractivity contribution in [3.63, 3.8) is 0 Å². The van der Waals surface area contributed by atoms with Crippen molar-refractivity contribution in [2.24, 2.45) is 4.99 Å². The molecule has 182 valence electrons. The molecule has 2 aromatic carbocycles. The van der Waals surface area contributed by atoms with E-state index in [-0.39, 0.29) is 42.6 Å². The van der Waals surface area contributed by atoms with Crippen molar-refractivity contribution in [3.05, 3.63) is 54.1 Å². The Kier molecular flexibility index (Phi) is 13.1. The molecule has 0 aliphatic rings. The summed E-state index contributed by atoms with van der Waals surface area (Å²) < 4.78 is 16.9. The van der Waals surface area contributed by atoms with Gasteiger partial charge >= 0.3 is 0 Å². The molecule has 0 aliphatic carbocycles. The average Bonchev–Trinajstić information content (AvgIpc) is 2.79. The summed E-state index contributed by atoms with van der Waals surface area (Å²) in [7, 11) is 5.03. The number of carbonyl (C=O) groups is 1. The topological polar surface area (TPSA) is 84.4 Å². The Labute approximate surface area is 213 Å². The molecule has 9 heteroatoms. The summed E-state index contributed by atoms with van der Waals surface area (Å²) in [5, 5.41) is 6.55. The number of ether oxygens (including phenoxy) is 3. The zero-order chi connectivity index (χ0) is 23.3. The fourth-order valence-corrected chi connectivity index (χ4v) is 2.73. The van der Waals surface area contributed by atoms with Crippen molar-refractivity contribution in [2.45, 2.75) is 26.5 Å². The fraction of sp³-hybridized carbons (Fsp3) is 0.417. The van der Waals surface area contributed by atoms with Gasteiger partial charge in [-0.1, -0.05) is 24.3 Å². The molecule has 2 aromatic rings. The van der Waals surface area contributed by atoms with Crippen LogP contribution >= 0.6 is 24.0 Å². The summed E-state index contributed by atoms with van der Waals surface area (Å²) in [5.41, 5.74) is 0.982. The summed E-state index contributed by atoms with van der Waals surface area (Å²) in [5.74, 6) is 2.66. The number of amides is 1. The quantitative estimate of drug-likeness (QED) is 0.245. The standard InChI is InChI=1S/C24H34N4O4.HI/c1-6-25-24(26-15-18(2)32-22-13-8-7-12-21(22)30-5)27-16-19-10-9-11-20(14-19)31-17-23(29)28(3)4;/h7-14,18H,6,15-17H2,1-5H3,(H2,25,26,27);1H. The molecule has 0 aromatic heterocycles. The number of likely N-dealkylation sites (N-methyl/N-ethyl adjacent to an activating group) is 1. The van der Waals surface area contributed by atoms with Gasteiger partial charge in [0.15, 0.2) is 24.1 Å². The Hall–Kier alpha value is -2.69. The van der Waals surface area contributed by atoms with Crippen LogP contribution in [0.25, 0.3) is 0 Å². The van der Waals surface area contributed by atoms with Gasteiger partial charge in [0.25, 0.3) is 5.91 Å². The van der Waals surface area contributed by atoms with Gasteiger partial charge in [0, 0.05) is 20.6 Å². The molecule has 1 unspecified atom stereocenters. The third-order valence-corrected chi connectivity index (χ3v) is 4.48. The highest BCUT2D eigenvalue weighted by atomic mass is 127. The lowest BCUT2D eigenvalue weighted by Crippen LogP contribution is -2.41. The second-order valence-corrected chi connectivity index (χ2v) is 7.38. The first-order valence-electron chi connectivity index (χ1n) is 10.7. The first-order valence-corrected chi connectivity index (χ1v) is 10.7. The highest BCUT2D eigenvalue weighted by Gasteiger charge is 2.10. The monoisotopic (exact) mass is 570 g/mol. The first-order chi connectivity index (χ1) is 15.4. The Morgan fingerprint density at radius 2 is 1.82 bits per heavy atom. The molecular weight excluding hydrogens is 535 g/mol. The van der Waals surface area contributed by atoms with Gasteiger partial charge in [0.05, 0.1) is 20.2 Å². The van der Waals surface area contributed by atoms with Gasteiger partial charge in [0.2, 0.25) is 0 Å². The maximum atomic E-state index is 11.7. The lowest BCUT2D eigenvalue weighted by Gasteiger charge is -2.19. The number of guanidine groups is 1. The van der Waals surface area contributed by atoms with Crippen LogP contribution in [0.4, 0.5) is 0 Å². The summed E-state index contributed by atoms with van der Waals surface area (Å²) in [6.07, 6.45) is -0.0962. The molecule has 33 heavy (non-hydrogen) atoms. The molecular formula is C24H35IN4O4. The van der Waals surface area contributed by atoms with E-state index in [1.165, 1.54) is 4.90 Å². The van der Waals surface area contributed by atoms with E-state index in [1.807, 2.05) is 62.4 Å². The lowest BCUT2D eigenvalue weighted by atomic mass is 10.2. The van der Waals surface area contributed by atoms with Crippen molar-refractivity contribution < 1.29 is 19.0 Å². The number of nitrogens with zero attached hydrogens (tertiary/aromatic N) is 2. The van der Waals surface area contributed by atoms with Crippen molar-refractivity contribution in [2.75, 3.05) is 40.9 Å². The van der Waals surface area contributed by atoms with Gasteiger partial charge in [-0.3, -0.25) is 4.79 Å². The summed E-state index contributed by atoms with van der Waals surface area (Å²) in [6.45, 7) is 5.79. The van der Waals surface area contributed by atoms with E-state index in [2.05, 4.69) is 15.6 Å². The van der Waals surface area contributed by atoms with Crippen molar-refractivity contribution >= 4 is 35.8 Å². The molecule has 0 bridgehead atoms. The minimum atomic E-state index is -0.0962. The lowest BCUT2D eigenvalue weighted by molar-refractivity contribution is -0.130.